The van der Waals surface area contributed by atoms with Crippen LogP contribution < -0.4 is 5.73 Å². The molecule has 146 valence electrons. The number of aliphatic carboxylic acids is 2. The van der Waals surface area contributed by atoms with Crippen molar-refractivity contribution < 1.29 is 19.8 Å². The SMILES string of the molecule is NC[C@@]12CCC[C@H]1[C@@H]1CCc3ccccc3[C@H]1CC2.O=C(O)/C=C/C(=O)O. The molecule has 2 fully saturated rings. The summed E-state index contributed by atoms with van der Waals surface area (Å²) in [5, 5.41) is 15.6. The normalized spacial score (nSPS) is 31.2. The molecule has 4 N–H and O–H groups in total. The van der Waals surface area contributed by atoms with Gasteiger partial charge in [0.05, 0.1) is 0 Å². The molecule has 0 heterocycles. The first-order valence-corrected chi connectivity index (χ1v) is 9.88. The van der Waals surface area contributed by atoms with Crippen LogP contribution in [0.5, 0.6) is 0 Å². The summed E-state index contributed by atoms with van der Waals surface area (Å²) in [5.41, 5.74) is 10.0. The van der Waals surface area contributed by atoms with E-state index in [0.29, 0.717) is 17.6 Å². The van der Waals surface area contributed by atoms with E-state index in [-0.39, 0.29) is 0 Å². The maximum atomic E-state index is 9.55. The number of carboxylic acid groups (broad SMARTS) is 2. The molecule has 5 nitrogen and oxygen atoms in total. The van der Waals surface area contributed by atoms with Gasteiger partial charge in [-0.1, -0.05) is 30.7 Å². The van der Waals surface area contributed by atoms with Crippen molar-refractivity contribution in [2.24, 2.45) is 23.0 Å². The lowest BCUT2D eigenvalue weighted by Crippen LogP contribution is -2.45. The topological polar surface area (TPSA) is 101 Å². The van der Waals surface area contributed by atoms with Crippen LogP contribution >= 0.6 is 0 Å². The third kappa shape index (κ3) is 4.08. The average Bonchev–Trinajstić information content (AvgIpc) is 3.11. The van der Waals surface area contributed by atoms with Gasteiger partial charge in [-0.15, -0.1) is 0 Å². The summed E-state index contributed by atoms with van der Waals surface area (Å²) >= 11 is 0. The highest BCUT2D eigenvalue weighted by Crippen LogP contribution is 2.60. The molecule has 4 atom stereocenters. The lowest BCUT2D eigenvalue weighted by Gasteiger charge is -2.50. The van der Waals surface area contributed by atoms with Crippen LogP contribution in [0.1, 0.15) is 55.6 Å². The molecule has 2 saturated carbocycles. The van der Waals surface area contributed by atoms with Crippen molar-refractivity contribution in [3.63, 3.8) is 0 Å². The number of hydrogen-bond donors (Lipinski definition) is 3. The highest BCUT2D eigenvalue weighted by atomic mass is 16.4. The minimum Gasteiger partial charge on any atom is -0.478 e. The van der Waals surface area contributed by atoms with Crippen molar-refractivity contribution >= 4 is 11.9 Å². The fourth-order valence-electron chi connectivity index (χ4n) is 5.81. The van der Waals surface area contributed by atoms with Crippen LogP contribution in [0.4, 0.5) is 0 Å². The second kappa shape index (κ2) is 8.26. The molecule has 0 radical (unpaired) electrons. The highest BCUT2D eigenvalue weighted by molar-refractivity contribution is 5.89. The predicted molar refractivity (Wildman–Crippen MR) is 103 cm³/mol. The fourth-order valence-corrected chi connectivity index (χ4v) is 5.81. The van der Waals surface area contributed by atoms with Gasteiger partial charge in [0.25, 0.3) is 0 Å². The summed E-state index contributed by atoms with van der Waals surface area (Å²) in [6, 6.07) is 9.20. The van der Waals surface area contributed by atoms with Crippen LogP contribution in [-0.4, -0.2) is 28.7 Å². The molecule has 0 aliphatic heterocycles. The largest absolute Gasteiger partial charge is 0.478 e. The van der Waals surface area contributed by atoms with E-state index in [9.17, 15) is 9.59 Å². The molecular weight excluding hydrogens is 342 g/mol. The standard InChI is InChI=1S/C18H25N.C4H4O4/c19-12-18-10-3-6-17(18)16-8-7-13-4-1-2-5-14(13)15(16)9-11-18;5-3(6)1-2-4(7)8/h1-2,4-5,15-17H,3,6-12,19H2;1-2H,(H,5,6)(H,7,8)/b;2-1+/t15-,16-,17+,18+;/m1./s1. The first-order chi connectivity index (χ1) is 13.0. The Balaban J connectivity index is 0.000000226. The van der Waals surface area contributed by atoms with E-state index in [1.807, 2.05) is 0 Å². The number of carbonyl (C=O) groups is 2. The molecular formula is C22H29NO4. The molecule has 0 amide bonds. The predicted octanol–water partition coefficient (Wildman–Crippen LogP) is 3.58. The minimum atomic E-state index is -1.26. The van der Waals surface area contributed by atoms with Crippen molar-refractivity contribution in [3.05, 3.63) is 47.5 Å². The quantitative estimate of drug-likeness (QED) is 0.705. The zero-order valence-electron chi connectivity index (χ0n) is 15.6. The number of hydrogen-bond acceptors (Lipinski definition) is 3. The maximum absolute atomic E-state index is 9.55. The Morgan fingerprint density at radius 1 is 1.07 bits per heavy atom. The van der Waals surface area contributed by atoms with Gasteiger partial charge in [-0.25, -0.2) is 9.59 Å². The van der Waals surface area contributed by atoms with Crippen LogP contribution in [0.2, 0.25) is 0 Å². The Hall–Kier alpha value is -2.14. The third-order valence-electron chi connectivity index (χ3n) is 6.94. The second-order valence-electron chi connectivity index (χ2n) is 8.12. The van der Waals surface area contributed by atoms with E-state index in [1.165, 1.54) is 44.9 Å². The number of nitrogens with two attached hydrogens (primary N) is 1. The number of rotatable bonds is 3. The van der Waals surface area contributed by atoms with Gasteiger partial charge in [0.2, 0.25) is 0 Å². The van der Waals surface area contributed by atoms with Gasteiger partial charge in [0.1, 0.15) is 0 Å². The second-order valence-corrected chi connectivity index (χ2v) is 8.12. The van der Waals surface area contributed by atoms with Crippen LogP contribution in [0.25, 0.3) is 0 Å². The summed E-state index contributed by atoms with van der Waals surface area (Å²) in [4.78, 5) is 19.1. The minimum absolute atomic E-state index is 0.521. The number of aryl methyl sites for hydroxylation is 1. The van der Waals surface area contributed by atoms with E-state index < -0.39 is 11.9 Å². The van der Waals surface area contributed by atoms with Gasteiger partial charge in [-0.3, -0.25) is 0 Å². The van der Waals surface area contributed by atoms with Crippen LogP contribution in [0, 0.1) is 17.3 Å². The van der Waals surface area contributed by atoms with Crippen molar-refractivity contribution in [1.82, 2.24) is 0 Å². The third-order valence-corrected chi connectivity index (χ3v) is 6.94. The smallest absolute Gasteiger partial charge is 0.328 e. The van der Waals surface area contributed by atoms with Crippen LogP contribution in [0.3, 0.4) is 0 Å². The highest BCUT2D eigenvalue weighted by Gasteiger charge is 2.51. The van der Waals surface area contributed by atoms with Gasteiger partial charge >= 0.3 is 11.9 Å². The average molecular weight is 371 g/mol. The lowest BCUT2D eigenvalue weighted by molar-refractivity contribution is -0.134. The van der Waals surface area contributed by atoms with Gasteiger partial charge in [-0.05, 0) is 79.4 Å². The van der Waals surface area contributed by atoms with Crippen molar-refractivity contribution in [2.75, 3.05) is 6.54 Å². The number of carboxylic acids is 2. The zero-order chi connectivity index (χ0) is 19.4. The van der Waals surface area contributed by atoms with Crippen molar-refractivity contribution in [2.45, 2.75) is 50.9 Å². The molecule has 0 unspecified atom stereocenters. The summed E-state index contributed by atoms with van der Waals surface area (Å²) < 4.78 is 0. The molecule has 27 heavy (non-hydrogen) atoms. The molecule has 0 spiro atoms. The summed E-state index contributed by atoms with van der Waals surface area (Å²) in [6.07, 6.45) is 10.9. The number of benzene rings is 1. The lowest BCUT2D eigenvalue weighted by atomic mass is 9.55. The Morgan fingerprint density at radius 2 is 1.78 bits per heavy atom. The van der Waals surface area contributed by atoms with E-state index in [0.717, 1.165) is 24.3 Å². The van der Waals surface area contributed by atoms with E-state index in [1.54, 1.807) is 11.1 Å². The Labute approximate surface area is 160 Å². The Morgan fingerprint density at radius 3 is 2.44 bits per heavy atom. The van der Waals surface area contributed by atoms with Crippen molar-refractivity contribution in [1.29, 1.82) is 0 Å². The monoisotopic (exact) mass is 371 g/mol. The maximum Gasteiger partial charge on any atom is 0.328 e. The molecule has 1 aromatic rings. The van der Waals surface area contributed by atoms with E-state index in [4.69, 9.17) is 15.9 Å². The summed E-state index contributed by atoms with van der Waals surface area (Å²) in [6.45, 7) is 0.933. The summed E-state index contributed by atoms with van der Waals surface area (Å²) in [5.74, 6) is 0.173. The van der Waals surface area contributed by atoms with Gasteiger partial charge in [-0.2, -0.15) is 0 Å². The van der Waals surface area contributed by atoms with Crippen LogP contribution in [-0.2, 0) is 16.0 Å². The van der Waals surface area contributed by atoms with Gasteiger partial charge < -0.3 is 15.9 Å². The Kier molecular flexibility index (Phi) is 6.00. The molecule has 5 heteroatoms. The van der Waals surface area contributed by atoms with E-state index in [2.05, 4.69) is 24.3 Å². The molecule has 1 aromatic carbocycles. The number of fused-ring (bicyclic) bond motifs is 5. The fraction of sp³-hybridized carbons (Fsp3) is 0.545. The molecule has 0 bridgehead atoms. The molecule has 0 aromatic heterocycles. The molecule has 3 aliphatic rings. The van der Waals surface area contributed by atoms with E-state index >= 15 is 0 Å². The molecule has 3 aliphatic carbocycles. The van der Waals surface area contributed by atoms with Crippen molar-refractivity contribution in [3.8, 4) is 0 Å². The summed E-state index contributed by atoms with van der Waals surface area (Å²) in [7, 11) is 0. The molecule has 4 rings (SSSR count). The Bertz CT molecular complexity index is 713. The van der Waals surface area contributed by atoms with Gasteiger partial charge in [0.15, 0.2) is 0 Å². The zero-order valence-corrected chi connectivity index (χ0v) is 15.6. The molecule has 0 saturated heterocycles. The first kappa shape index (κ1) is 19.6. The van der Waals surface area contributed by atoms with Gasteiger partial charge in [0, 0.05) is 12.2 Å². The van der Waals surface area contributed by atoms with Crippen LogP contribution in [0.15, 0.2) is 36.4 Å². The first-order valence-electron chi connectivity index (χ1n) is 9.88.